The zero-order valence-corrected chi connectivity index (χ0v) is 11.5. The van der Waals surface area contributed by atoms with Crippen molar-refractivity contribution in [2.45, 2.75) is 57.2 Å². The molecule has 2 nitrogen and oxygen atoms in total. The van der Waals surface area contributed by atoms with Gasteiger partial charge in [0.1, 0.15) is 0 Å². The quantitative estimate of drug-likeness (QED) is 0.816. The molecule has 0 radical (unpaired) electrons. The van der Waals surface area contributed by atoms with Gasteiger partial charge in [0.15, 0.2) is 0 Å². The molecule has 3 rings (SSSR count). The number of benzene rings is 1. The molecule has 0 bridgehead atoms. The van der Waals surface area contributed by atoms with Crippen molar-refractivity contribution in [1.29, 1.82) is 0 Å². The maximum atomic E-state index is 3.85. The van der Waals surface area contributed by atoms with Gasteiger partial charge in [0.25, 0.3) is 0 Å². The van der Waals surface area contributed by atoms with E-state index in [0.717, 1.165) is 6.54 Å². The van der Waals surface area contributed by atoms with E-state index in [-0.39, 0.29) is 5.54 Å². The zero-order valence-electron chi connectivity index (χ0n) is 11.5. The van der Waals surface area contributed by atoms with Crippen molar-refractivity contribution in [1.82, 2.24) is 5.32 Å². The molecule has 1 aliphatic carbocycles. The molecular formula is C16H24N2. The summed E-state index contributed by atoms with van der Waals surface area (Å²) < 4.78 is 0. The molecule has 2 fully saturated rings. The summed E-state index contributed by atoms with van der Waals surface area (Å²) in [4.78, 5) is 2.64. The highest BCUT2D eigenvalue weighted by molar-refractivity contribution is 5.49. The molecule has 2 heteroatoms. The summed E-state index contributed by atoms with van der Waals surface area (Å²) in [7, 11) is 0. The highest BCUT2D eigenvalue weighted by atomic mass is 15.3. The molecule has 1 aromatic rings. The first-order valence-electron chi connectivity index (χ1n) is 7.25. The summed E-state index contributed by atoms with van der Waals surface area (Å²) in [6.45, 7) is 5.76. The number of nitrogens with zero attached hydrogens (tertiary/aromatic N) is 1. The summed E-state index contributed by atoms with van der Waals surface area (Å²) in [6.07, 6.45) is 5.43. The lowest BCUT2D eigenvalue weighted by Crippen LogP contribution is -2.67. The van der Waals surface area contributed by atoms with Crippen molar-refractivity contribution in [3.8, 4) is 0 Å². The first-order chi connectivity index (χ1) is 8.66. The van der Waals surface area contributed by atoms with E-state index in [4.69, 9.17) is 0 Å². The highest BCUT2D eigenvalue weighted by Crippen LogP contribution is 2.33. The molecule has 2 aliphatic rings. The third-order valence-corrected chi connectivity index (χ3v) is 4.36. The van der Waals surface area contributed by atoms with Gasteiger partial charge in [-0.25, -0.2) is 0 Å². The number of para-hydroxylation sites is 1. The van der Waals surface area contributed by atoms with Crippen LogP contribution in [0.25, 0.3) is 0 Å². The van der Waals surface area contributed by atoms with Crippen molar-refractivity contribution in [2.75, 3.05) is 11.4 Å². The second-order valence-corrected chi connectivity index (χ2v) is 6.45. The average molecular weight is 244 g/mol. The van der Waals surface area contributed by atoms with Gasteiger partial charge in [0, 0.05) is 29.9 Å². The van der Waals surface area contributed by atoms with Gasteiger partial charge >= 0.3 is 0 Å². The summed E-state index contributed by atoms with van der Waals surface area (Å²) in [5.41, 5.74) is 1.61. The monoisotopic (exact) mass is 244 g/mol. The Balaban J connectivity index is 1.90. The lowest BCUT2D eigenvalue weighted by molar-refractivity contribution is 0.199. The number of anilines is 1. The predicted molar refractivity (Wildman–Crippen MR) is 77.0 cm³/mol. The van der Waals surface area contributed by atoms with Crippen molar-refractivity contribution in [2.24, 2.45) is 0 Å². The number of rotatable bonds is 1. The Morgan fingerprint density at radius 2 is 1.83 bits per heavy atom. The molecule has 1 N–H and O–H groups in total. The van der Waals surface area contributed by atoms with Crippen LogP contribution in [0.2, 0.25) is 0 Å². The lowest BCUT2D eigenvalue weighted by atomic mass is 9.83. The number of hydrogen-bond acceptors (Lipinski definition) is 2. The van der Waals surface area contributed by atoms with Crippen LogP contribution in [0.4, 0.5) is 5.69 Å². The molecule has 1 saturated heterocycles. The SMILES string of the molecule is CC1(C)CN(c2ccccc2)[C@H]2CCCCC2N1. The Hall–Kier alpha value is -1.02. The molecule has 1 heterocycles. The summed E-state index contributed by atoms with van der Waals surface area (Å²) in [5, 5.41) is 3.85. The van der Waals surface area contributed by atoms with Gasteiger partial charge in [0.2, 0.25) is 0 Å². The molecule has 1 aliphatic heterocycles. The van der Waals surface area contributed by atoms with Crippen LogP contribution in [0.15, 0.2) is 30.3 Å². The van der Waals surface area contributed by atoms with Crippen LogP contribution in [0, 0.1) is 0 Å². The normalized spacial score (nSPS) is 30.9. The second-order valence-electron chi connectivity index (χ2n) is 6.45. The molecule has 0 aromatic heterocycles. The number of hydrogen-bond donors (Lipinski definition) is 1. The Labute approximate surface area is 110 Å². The Kier molecular flexibility index (Phi) is 3.06. The Morgan fingerprint density at radius 1 is 1.11 bits per heavy atom. The van der Waals surface area contributed by atoms with Gasteiger partial charge in [-0.15, -0.1) is 0 Å². The van der Waals surface area contributed by atoms with E-state index in [1.807, 2.05) is 0 Å². The zero-order chi connectivity index (χ0) is 12.6. The molecule has 98 valence electrons. The number of fused-ring (bicyclic) bond motifs is 1. The molecule has 1 aromatic carbocycles. The first kappa shape index (κ1) is 12.0. The summed E-state index contributed by atoms with van der Waals surface area (Å²) in [5.74, 6) is 0. The van der Waals surface area contributed by atoms with E-state index >= 15 is 0 Å². The van der Waals surface area contributed by atoms with Crippen LogP contribution in [0.1, 0.15) is 39.5 Å². The smallest absolute Gasteiger partial charge is 0.0444 e. The van der Waals surface area contributed by atoms with E-state index < -0.39 is 0 Å². The average Bonchev–Trinajstić information content (AvgIpc) is 2.38. The minimum atomic E-state index is 0.217. The van der Waals surface area contributed by atoms with Gasteiger partial charge in [-0.2, -0.15) is 0 Å². The van der Waals surface area contributed by atoms with E-state index in [1.54, 1.807) is 0 Å². The topological polar surface area (TPSA) is 15.3 Å². The van der Waals surface area contributed by atoms with Gasteiger partial charge in [0.05, 0.1) is 0 Å². The molecule has 0 spiro atoms. The third kappa shape index (κ3) is 2.26. The van der Waals surface area contributed by atoms with E-state index in [9.17, 15) is 0 Å². The lowest BCUT2D eigenvalue weighted by Gasteiger charge is -2.52. The molecule has 1 saturated carbocycles. The van der Waals surface area contributed by atoms with Crippen LogP contribution in [-0.2, 0) is 0 Å². The molecule has 1 unspecified atom stereocenters. The van der Waals surface area contributed by atoms with Gasteiger partial charge in [-0.3, -0.25) is 0 Å². The van der Waals surface area contributed by atoms with Gasteiger partial charge in [-0.05, 0) is 38.8 Å². The largest absolute Gasteiger partial charge is 0.365 e. The predicted octanol–water partition coefficient (Wildman–Crippen LogP) is 3.19. The van der Waals surface area contributed by atoms with Gasteiger partial charge in [-0.1, -0.05) is 31.0 Å². The molecular weight excluding hydrogens is 220 g/mol. The molecule has 18 heavy (non-hydrogen) atoms. The fraction of sp³-hybridized carbons (Fsp3) is 0.625. The maximum absolute atomic E-state index is 3.85. The van der Waals surface area contributed by atoms with Crippen molar-refractivity contribution < 1.29 is 0 Å². The van der Waals surface area contributed by atoms with Crippen molar-refractivity contribution in [3.05, 3.63) is 30.3 Å². The summed E-state index contributed by atoms with van der Waals surface area (Å²) >= 11 is 0. The van der Waals surface area contributed by atoms with E-state index in [2.05, 4.69) is 54.4 Å². The highest BCUT2D eigenvalue weighted by Gasteiger charge is 2.40. The Morgan fingerprint density at radius 3 is 2.61 bits per heavy atom. The van der Waals surface area contributed by atoms with E-state index in [1.165, 1.54) is 31.4 Å². The molecule has 2 atom stereocenters. The summed E-state index contributed by atoms with van der Waals surface area (Å²) in [6, 6.07) is 12.3. The number of piperazine rings is 1. The third-order valence-electron chi connectivity index (χ3n) is 4.36. The van der Waals surface area contributed by atoms with Crippen molar-refractivity contribution in [3.63, 3.8) is 0 Å². The first-order valence-corrected chi connectivity index (χ1v) is 7.25. The van der Waals surface area contributed by atoms with Crippen LogP contribution in [0.5, 0.6) is 0 Å². The molecule has 0 amide bonds. The fourth-order valence-corrected chi connectivity index (χ4v) is 3.65. The van der Waals surface area contributed by atoms with Crippen LogP contribution in [-0.4, -0.2) is 24.2 Å². The maximum Gasteiger partial charge on any atom is 0.0444 e. The minimum absolute atomic E-state index is 0.217. The van der Waals surface area contributed by atoms with Gasteiger partial charge < -0.3 is 10.2 Å². The Bertz CT molecular complexity index is 399. The van der Waals surface area contributed by atoms with Crippen molar-refractivity contribution >= 4 is 5.69 Å². The van der Waals surface area contributed by atoms with Crippen LogP contribution in [0.3, 0.4) is 0 Å². The second kappa shape index (κ2) is 4.58. The number of nitrogens with one attached hydrogen (secondary N) is 1. The van der Waals surface area contributed by atoms with Crippen LogP contribution >= 0.6 is 0 Å². The fourth-order valence-electron chi connectivity index (χ4n) is 3.65. The van der Waals surface area contributed by atoms with Crippen LogP contribution < -0.4 is 10.2 Å². The standard InChI is InChI=1S/C16H24N2/c1-16(2)12-18(13-8-4-3-5-9-13)15-11-7-6-10-14(15)17-16/h3-5,8-9,14-15,17H,6-7,10-12H2,1-2H3/t14?,15-/m0/s1. The minimum Gasteiger partial charge on any atom is -0.365 e. The van der Waals surface area contributed by atoms with E-state index in [0.29, 0.717) is 12.1 Å².